The third-order valence-corrected chi connectivity index (χ3v) is 9.80. The maximum atomic E-state index is 15.6. The Labute approximate surface area is 269 Å². The van der Waals surface area contributed by atoms with E-state index in [0.717, 1.165) is 61.4 Å². The first-order valence-corrected chi connectivity index (χ1v) is 16.0. The number of hydrogen-bond donors (Lipinski definition) is 3. The lowest BCUT2D eigenvalue weighted by Crippen LogP contribution is -2.42. The summed E-state index contributed by atoms with van der Waals surface area (Å²) in [5.41, 5.74) is 5.72. The van der Waals surface area contributed by atoms with Gasteiger partial charge in [0.2, 0.25) is 0 Å². The third kappa shape index (κ3) is 6.57. The minimum Gasteiger partial charge on any atom is -0.391 e. The first-order valence-electron chi connectivity index (χ1n) is 16.0. The van der Waals surface area contributed by atoms with Crippen LogP contribution in [0.4, 0.5) is 15.8 Å². The minimum atomic E-state index is -0.454. The van der Waals surface area contributed by atoms with Crippen LogP contribution in [-0.4, -0.2) is 51.8 Å². The molecule has 10 heteroatoms. The molecular weight excluding hydrogens is 591 g/mol. The van der Waals surface area contributed by atoms with E-state index in [1.165, 1.54) is 6.07 Å². The molecule has 1 aliphatic carbocycles. The molecule has 3 aliphatic rings. The van der Waals surface area contributed by atoms with E-state index in [0.29, 0.717) is 53.5 Å². The van der Waals surface area contributed by atoms with Gasteiger partial charge in [-0.25, -0.2) is 4.39 Å². The van der Waals surface area contributed by atoms with Crippen molar-refractivity contribution in [3.63, 3.8) is 0 Å². The van der Waals surface area contributed by atoms with Gasteiger partial charge in [0.15, 0.2) is 5.43 Å². The normalized spacial score (nSPS) is 22.4. The summed E-state index contributed by atoms with van der Waals surface area (Å²) in [6.45, 7) is 6.63. The molecular formula is C35H42ClFN6O2. The maximum absolute atomic E-state index is 15.6. The van der Waals surface area contributed by atoms with E-state index in [4.69, 9.17) is 0 Å². The molecule has 8 nitrogen and oxygen atoms in total. The number of benzene rings is 1. The van der Waals surface area contributed by atoms with Crippen LogP contribution in [0.15, 0.2) is 59.8 Å². The Morgan fingerprint density at radius 1 is 1.09 bits per heavy atom. The lowest BCUT2D eigenvalue weighted by atomic mass is 9.86. The molecule has 3 N–H and O–H groups in total. The largest absolute Gasteiger partial charge is 0.391 e. The highest BCUT2D eigenvalue weighted by atomic mass is 35.5. The quantitative estimate of drug-likeness (QED) is 0.233. The van der Waals surface area contributed by atoms with E-state index in [1.54, 1.807) is 12.3 Å². The molecule has 4 atom stereocenters. The molecule has 2 saturated heterocycles. The van der Waals surface area contributed by atoms with Gasteiger partial charge in [-0.15, -0.1) is 12.4 Å². The Bertz CT molecular complexity index is 1710. The number of fused-ring (bicyclic) bond motifs is 1. The molecule has 4 aromatic rings. The van der Waals surface area contributed by atoms with Gasteiger partial charge in [-0.3, -0.25) is 14.8 Å². The number of nitrogens with one attached hydrogen (secondary N) is 2. The van der Waals surface area contributed by atoms with E-state index in [-0.39, 0.29) is 29.9 Å². The van der Waals surface area contributed by atoms with Gasteiger partial charge in [-0.1, -0.05) is 0 Å². The summed E-state index contributed by atoms with van der Waals surface area (Å²) in [4.78, 5) is 30.3. The number of piperidine rings is 1. The van der Waals surface area contributed by atoms with Gasteiger partial charge < -0.3 is 25.2 Å². The van der Waals surface area contributed by atoms with Crippen LogP contribution < -0.4 is 20.5 Å². The molecule has 0 amide bonds. The molecule has 45 heavy (non-hydrogen) atoms. The SMILES string of the molecule is Cc1ccc(N2CCC[C@H](C(NCc3c[nH]c4cc(N5C[C@@H](O)CC5C5CC5)c(F)cc4c3=O)c3ccnc(C)c3)C2)cn1.Cl. The number of aryl methyl sites for hydroxylation is 2. The van der Waals surface area contributed by atoms with Crippen molar-refractivity contribution in [3.05, 3.63) is 93.5 Å². The number of nitrogens with zero attached hydrogens (tertiary/aromatic N) is 4. The van der Waals surface area contributed by atoms with Crippen LogP contribution in [0, 0.1) is 31.5 Å². The van der Waals surface area contributed by atoms with E-state index in [2.05, 4.69) is 49.4 Å². The van der Waals surface area contributed by atoms with Gasteiger partial charge in [-0.05, 0) is 99.7 Å². The van der Waals surface area contributed by atoms with Crippen LogP contribution in [0.2, 0.25) is 0 Å². The standard InChI is InChI=1S/C35H41FN6O2.ClH/c1-21-5-8-27(18-38-21)41-11-3-4-25(19-41)34(24-9-10-37-22(2)12-24)40-17-26-16-39-31-15-33(30(36)14-29(31)35(26)44)42-20-28(43)13-32(42)23-6-7-23;/h5,8-10,12,14-16,18,23,25,28,32,34,40,43H,3-4,6-7,11,13,17,19-20H2,1-2H3,(H,39,44);1H/t25-,28-,32?,34?;/m0./s1. The third-order valence-electron chi connectivity index (χ3n) is 9.80. The van der Waals surface area contributed by atoms with Crippen LogP contribution in [0.25, 0.3) is 10.9 Å². The zero-order valence-electron chi connectivity index (χ0n) is 25.9. The van der Waals surface area contributed by atoms with E-state index >= 15 is 4.39 Å². The molecule has 0 radical (unpaired) electrons. The van der Waals surface area contributed by atoms with Crippen molar-refractivity contribution >= 4 is 34.7 Å². The summed E-state index contributed by atoms with van der Waals surface area (Å²) < 4.78 is 15.6. The number of anilines is 2. The number of aromatic nitrogens is 3. The topological polar surface area (TPSA) is 97.4 Å². The number of halogens is 2. The second-order valence-corrected chi connectivity index (χ2v) is 13.0. The molecule has 2 unspecified atom stereocenters. The second kappa shape index (κ2) is 13.1. The fourth-order valence-electron chi connectivity index (χ4n) is 7.37. The number of aliphatic hydroxyl groups excluding tert-OH is 1. The Morgan fingerprint density at radius 2 is 1.93 bits per heavy atom. The number of aliphatic hydroxyl groups is 1. The van der Waals surface area contributed by atoms with Crippen molar-refractivity contribution in [2.24, 2.45) is 11.8 Å². The Balaban J connectivity index is 0.00000357. The molecule has 1 saturated carbocycles. The Morgan fingerprint density at radius 3 is 2.69 bits per heavy atom. The number of β-amino-alcohol motifs (C(OH)–C–C–N with tert-alkyl or cyclic N) is 1. The molecule has 0 bridgehead atoms. The van der Waals surface area contributed by atoms with Crippen LogP contribution in [0.5, 0.6) is 0 Å². The molecule has 7 rings (SSSR count). The second-order valence-electron chi connectivity index (χ2n) is 13.0. The van der Waals surface area contributed by atoms with Crippen molar-refractivity contribution < 1.29 is 9.50 Å². The molecule has 3 aromatic heterocycles. The Kier molecular flexibility index (Phi) is 9.13. The molecule has 238 valence electrons. The zero-order valence-corrected chi connectivity index (χ0v) is 26.7. The van der Waals surface area contributed by atoms with Gasteiger partial charge in [0.1, 0.15) is 5.82 Å². The van der Waals surface area contributed by atoms with Crippen LogP contribution in [-0.2, 0) is 6.54 Å². The zero-order chi connectivity index (χ0) is 30.4. The first kappa shape index (κ1) is 31.5. The van der Waals surface area contributed by atoms with Crippen molar-refractivity contribution in [2.75, 3.05) is 29.4 Å². The summed E-state index contributed by atoms with van der Waals surface area (Å²) in [6, 6.07) is 11.7. The summed E-state index contributed by atoms with van der Waals surface area (Å²) in [5.74, 6) is 0.407. The number of H-pyrrole nitrogens is 1. The van der Waals surface area contributed by atoms with Crippen molar-refractivity contribution in [1.82, 2.24) is 20.3 Å². The summed E-state index contributed by atoms with van der Waals surface area (Å²) >= 11 is 0. The molecule has 1 aromatic carbocycles. The van der Waals surface area contributed by atoms with Gasteiger partial charge in [0, 0.05) is 73.0 Å². The van der Waals surface area contributed by atoms with Gasteiger partial charge >= 0.3 is 0 Å². The fraction of sp³-hybridized carbons (Fsp3) is 0.457. The molecule has 0 spiro atoms. The van der Waals surface area contributed by atoms with Crippen molar-refractivity contribution in [1.29, 1.82) is 0 Å². The summed E-state index contributed by atoms with van der Waals surface area (Å²) in [7, 11) is 0. The van der Waals surface area contributed by atoms with E-state index < -0.39 is 11.9 Å². The van der Waals surface area contributed by atoms with Gasteiger partial charge in [0.25, 0.3) is 0 Å². The summed E-state index contributed by atoms with van der Waals surface area (Å²) in [5, 5.41) is 14.4. The average Bonchev–Trinajstić information content (AvgIpc) is 3.80. The van der Waals surface area contributed by atoms with Crippen LogP contribution in [0.1, 0.15) is 60.7 Å². The van der Waals surface area contributed by atoms with E-state index in [9.17, 15) is 9.90 Å². The molecule has 5 heterocycles. The lowest BCUT2D eigenvalue weighted by Gasteiger charge is -2.38. The first-order chi connectivity index (χ1) is 21.3. The number of pyridine rings is 3. The highest BCUT2D eigenvalue weighted by molar-refractivity contribution is 5.85. The lowest BCUT2D eigenvalue weighted by molar-refractivity contribution is 0.193. The number of hydrogen-bond acceptors (Lipinski definition) is 7. The number of rotatable bonds is 8. The summed E-state index contributed by atoms with van der Waals surface area (Å²) in [6.07, 6.45) is 10.1. The average molecular weight is 633 g/mol. The van der Waals surface area contributed by atoms with Crippen molar-refractivity contribution in [3.8, 4) is 0 Å². The molecule has 2 aliphatic heterocycles. The highest BCUT2D eigenvalue weighted by Crippen LogP contribution is 2.43. The number of aromatic amines is 1. The highest BCUT2D eigenvalue weighted by Gasteiger charge is 2.42. The fourth-order valence-corrected chi connectivity index (χ4v) is 7.37. The molecule has 3 fully saturated rings. The van der Waals surface area contributed by atoms with Gasteiger partial charge in [0.05, 0.1) is 29.2 Å². The van der Waals surface area contributed by atoms with Crippen molar-refractivity contribution in [2.45, 2.75) is 70.7 Å². The van der Waals surface area contributed by atoms with E-state index in [1.807, 2.05) is 31.1 Å². The Hall–Kier alpha value is -3.53. The van der Waals surface area contributed by atoms with Crippen LogP contribution in [0.3, 0.4) is 0 Å². The predicted molar refractivity (Wildman–Crippen MR) is 179 cm³/mol. The maximum Gasteiger partial charge on any atom is 0.193 e. The smallest absolute Gasteiger partial charge is 0.193 e. The predicted octanol–water partition coefficient (Wildman–Crippen LogP) is 5.59. The van der Waals surface area contributed by atoms with Gasteiger partial charge in [-0.2, -0.15) is 0 Å². The monoisotopic (exact) mass is 632 g/mol. The minimum absolute atomic E-state index is 0. The van der Waals surface area contributed by atoms with Crippen LogP contribution >= 0.6 is 12.4 Å².